The molecule has 0 fully saturated rings. The summed E-state index contributed by atoms with van der Waals surface area (Å²) in [6.07, 6.45) is 0. The number of methoxy groups -OCH3 is 2. The fourth-order valence-corrected chi connectivity index (χ4v) is 4.33. The maximum atomic E-state index is 13.5. The molecule has 0 N–H and O–H groups in total. The van der Waals surface area contributed by atoms with E-state index in [0.29, 0.717) is 41.0 Å². The molecule has 0 saturated heterocycles. The third kappa shape index (κ3) is 4.30. The topological polar surface area (TPSA) is 80.9 Å². The van der Waals surface area contributed by atoms with Crippen molar-refractivity contribution in [2.24, 2.45) is 0 Å². The number of anilines is 1. The molecule has 0 saturated carbocycles. The van der Waals surface area contributed by atoms with Crippen molar-refractivity contribution in [3.05, 3.63) is 54.2 Å². The van der Waals surface area contributed by atoms with Crippen molar-refractivity contribution in [3.63, 3.8) is 0 Å². The Morgan fingerprint density at radius 1 is 1.03 bits per heavy atom. The molecule has 0 bridgehead atoms. The van der Waals surface area contributed by atoms with Gasteiger partial charge in [-0.3, -0.25) is 9.69 Å². The molecular weight excluding hydrogens is 428 g/mol. The van der Waals surface area contributed by atoms with Crippen LogP contribution in [0.15, 0.2) is 53.1 Å². The van der Waals surface area contributed by atoms with Crippen LogP contribution in [0.2, 0.25) is 0 Å². The fraction of sp³-hybridized carbons (Fsp3) is 0.261. The first-order chi connectivity index (χ1) is 15.5. The summed E-state index contributed by atoms with van der Waals surface area (Å²) in [5.74, 6) is 1.55. The highest BCUT2D eigenvalue weighted by atomic mass is 32.1. The van der Waals surface area contributed by atoms with E-state index in [0.717, 1.165) is 10.3 Å². The highest BCUT2D eigenvalue weighted by Crippen LogP contribution is 2.40. The van der Waals surface area contributed by atoms with Gasteiger partial charge in [0.15, 0.2) is 16.6 Å². The molecule has 4 aromatic rings. The second-order valence-electron chi connectivity index (χ2n) is 7.35. The number of aromatic nitrogens is 2. The molecular formula is C23H24N4O4S. The number of carbonyl (C=O) groups is 1. The summed E-state index contributed by atoms with van der Waals surface area (Å²) in [6.45, 7) is 1.09. The van der Waals surface area contributed by atoms with E-state index >= 15 is 0 Å². The van der Waals surface area contributed by atoms with Crippen molar-refractivity contribution in [1.82, 2.24) is 15.0 Å². The van der Waals surface area contributed by atoms with E-state index in [-0.39, 0.29) is 11.6 Å². The molecule has 32 heavy (non-hydrogen) atoms. The SMILES string of the molecule is COc1ccc(OC)c2sc(N(CCN(C)C)C(=O)c3cc(-c4ccccc4)on3)nc12. The molecule has 0 aliphatic heterocycles. The van der Waals surface area contributed by atoms with Crippen LogP contribution in [0.3, 0.4) is 0 Å². The molecule has 0 unspecified atom stereocenters. The molecule has 0 spiro atoms. The average molecular weight is 453 g/mol. The zero-order valence-corrected chi connectivity index (χ0v) is 19.2. The minimum Gasteiger partial charge on any atom is -0.495 e. The Kier molecular flexibility index (Phi) is 6.38. The van der Waals surface area contributed by atoms with Gasteiger partial charge in [-0.05, 0) is 26.2 Å². The lowest BCUT2D eigenvalue weighted by Crippen LogP contribution is -2.36. The Morgan fingerprint density at radius 2 is 1.75 bits per heavy atom. The molecule has 2 heterocycles. The molecule has 4 rings (SSSR count). The number of hydrogen-bond donors (Lipinski definition) is 0. The lowest BCUT2D eigenvalue weighted by Gasteiger charge is -2.20. The molecule has 0 radical (unpaired) electrons. The van der Waals surface area contributed by atoms with Crippen LogP contribution in [-0.2, 0) is 0 Å². The second kappa shape index (κ2) is 9.37. The maximum Gasteiger partial charge on any atom is 0.282 e. The van der Waals surface area contributed by atoms with Crippen LogP contribution in [0.5, 0.6) is 11.5 Å². The van der Waals surface area contributed by atoms with Crippen molar-refractivity contribution >= 4 is 32.6 Å². The fourth-order valence-electron chi connectivity index (χ4n) is 3.23. The first-order valence-electron chi connectivity index (χ1n) is 10.0. The molecule has 0 atom stereocenters. The smallest absolute Gasteiger partial charge is 0.282 e. The van der Waals surface area contributed by atoms with Gasteiger partial charge in [0, 0.05) is 24.7 Å². The first-order valence-corrected chi connectivity index (χ1v) is 10.8. The Morgan fingerprint density at radius 3 is 2.44 bits per heavy atom. The molecule has 2 aromatic carbocycles. The Hall–Kier alpha value is -3.43. The van der Waals surface area contributed by atoms with E-state index in [4.69, 9.17) is 19.0 Å². The molecule has 9 heteroatoms. The van der Waals surface area contributed by atoms with Crippen molar-refractivity contribution in [3.8, 4) is 22.8 Å². The number of likely N-dealkylation sites (N-methyl/N-ethyl adjacent to an activating group) is 1. The number of nitrogens with zero attached hydrogens (tertiary/aromatic N) is 4. The second-order valence-corrected chi connectivity index (χ2v) is 8.32. The van der Waals surface area contributed by atoms with E-state index < -0.39 is 0 Å². The predicted molar refractivity (Wildman–Crippen MR) is 125 cm³/mol. The van der Waals surface area contributed by atoms with E-state index in [1.807, 2.05) is 55.4 Å². The Balaban J connectivity index is 1.73. The van der Waals surface area contributed by atoms with Crippen LogP contribution in [0.4, 0.5) is 5.13 Å². The Bertz CT molecular complexity index is 1180. The van der Waals surface area contributed by atoms with Crippen molar-refractivity contribution in [2.75, 3.05) is 46.3 Å². The van der Waals surface area contributed by atoms with Crippen LogP contribution in [-0.4, -0.2) is 62.4 Å². The number of benzene rings is 2. The van der Waals surface area contributed by atoms with Crippen molar-refractivity contribution < 1.29 is 18.8 Å². The largest absolute Gasteiger partial charge is 0.495 e. The van der Waals surface area contributed by atoms with Gasteiger partial charge in [-0.1, -0.05) is 46.8 Å². The normalized spacial score (nSPS) is 11.2. The van der Waals surface area contributed by atoms with Gasteiger partial charge in [-0.15, -0.1) is 0 Å². The minimum atomic E-state index is -0.283. The van der Waals surface area contributed by atoms with Crippen LogP contribution in [0, 0.1) is 0 Å². The lowest BCUT2D eigenvalue weighted by molar-refractivity contribution is 0.0976. The summed E-state index contributed by atoms with van der Waals surface area (Å²) >= 11 is 1.38. The summed E-state index contributed by atoms with van der Waals surface area (Å²) in [5.41, 5.74) is 1.73. The average Bonchev–Trinajstić information content (AvgIpc) is 3.47. The Labute approximate surface area is 190 Å². The van der Waals surface area contributed by atoms with Crippen LogP contribution in [0.1, 0.15) is 10.5 Å². The number of thiazole rings is 1. The van der Waals surface area contributed by atoms with E-state index in [2.05, 4.69) is 5.16 Å². The number of ether oxygens (including phenoxy) is 2. The number of fused-ring (bicyclic) bond motifs is 1. The third-order valence-electron chi connectivity index (χ3n) is 4.93. The van der Waals surface area contributed by atoms with Gasteiger partial charge >= 0.3 is 0 Å². The number of hydrogen-bond acceptors (Lipinski definition) is 8. The summed E-state index contributed by atoms with van der Waals surface area (Å²) < 4.78 is 17.2. The summed E-state index contributed by atoms with van der Waals surface area (Å²) in [6, 6.07) is 14.9. The van der Waals surface area contributed by atoms with Gasteiger partial charge in [0.2, 0.25) is 0 Å². The zero-order valence-electron chi connectivity index (χ0n) is 18.4. The van der Waals surface area contributed by atoms with Gasteiger partial charge < -0.3 is 18.9 Å². The lowest BCUT2D eigenvalue weighted by atomic mass is 10.1. The quantitative estimate of drug-likeness (QED) is 0.397. The van der Waals surface area contributed by atoms with Gasteiger partial charge in [0.25, 0.3) is 5.91 Å². The van der Waals surface area contributed by atoms with E-state index in [1.54, 1.807) is 31.3 Å². The number of amides is 1. The molecule has 1 amide bonds. The standard InChI is InChI=1S/C23H24N4O4S/c1-26(2)12-13-27(22(28)16-14-19(31-25-16)15-8-6-5-7-9-15)23-24-20-17(29-3)10-11-18(30-4)21(20)32-23/h5-11,14H,12-13H2,1-4H3. The monoisotopic (exact) mass is 452 g/mol. The zero-order chi connectivity index (χ0) is 22.7. The van der Waals surface area contributed by atoms with Crippen molar-refractivity contribution in [2.45, 2.75) is 0 Å². The molecule has 8 nitrogen and oxygen atoms in total. The molecule has 0 aliphatic carbocycles. The number of rotatable bonds is 8. The summed E-state index contributed by atoms with van der Waals surface area (Å²) in [4.78, 5) is 21.8. The highest BCUT2D eigenvalue weighted by Gasteiger charge is 2.26. The van der Waals surface area contributed by atoms with E-state index in [9.17, 15) is 4.79 Å². The first kappa shape index (κ1) is 21.8. The summed E-state index contributed by atoms with van der Waals surface area (Å²) in [7, 11) is 7.11. The number of carbonyl (C=O) groups excluding carboxylic acids is 1. The van der Waals surface area contributed by atoms with Gasteiger partial charge in [-0.2, -0.15) is 0 Å². The maximum absolute atomic E-state index is 13.5. The highest BCUT2D eigenvalue weighted by molar-refractivity contribution is 7.22. The summed E-state index contributed by atoms with van der Waals surface area (Å²) in [5, 5.41) is 4.58. The predicted octanol–water partition coefficient (Wildman–Crippen LogP) is 4.18. The van der Waals surface area contributed by atoms with E-state index in [1.165, 1.54) is 11.3 Å². The molecule has 0 aliphatic rings. The molecule has 2 aromatic heterocycles. The van der Waals surface area contributed by atoms with Gasteiger partial charge in [0.05, 0.1) is 14.2 Å². The minimum absolute atomic E-state index is 0.223. The van der Waals surface area contributed by atoms with Crippen molar-refractivity contribution in [1.29, 1.82) is 0 Å². The van der Waals surface area contributed by atoms with Crippen LogP contribution < -0.4 is 14.4 Å². The third-order valence-corrected chi connectivity index (χ3v) is 6.03. The van der Waals surface area contributed by atoms with Crippen LogP contribution in [0.25, 0.3) is 21.5 Å². The molecule has 166 valence electrons. The van der Waals surface area contributed by atoms with Crippen LogP contribution >= 0.6 is 11.3 Å². The van der Waals surface area contributed by atoms with Gasteiger partial charge in [-0.25, -0.2) is 4.98 Å². The van der Waals surface area contributed by atoms with Gasteiger partial charge in [0.1, 0.15) is 21.7 Å².